The standard InChI is InChI=1S/C60H94O26/c1-12-24(2)50(76)86-47-48(79-26(4)63)60(23-62)28(19-55(47,5)6)27-13-14-32-57(9)17-16-34(56(7,8)31(57)15-18-58(32,10)59(27,11)20-33(60)65)81-54-46(85-52-41(72)39(70)37(68)30(21-61)80-52)43(42(73)44(83-54)49(74)75)82-53-45(36(67)29(64)22-77-53)84-51-40(71)38(69)35(66)25(3)78-51/h12-13,25,28-48,51-54,61-62,64-73H,14-23H2,1-11H3,(H,74,75)/b24-12-/t25-,28+,29-,30+,31-,32+,33+,34-,35-,36-,37-,38+,39-,40+,41+,42-,43-,44-,45+,46+,47-,48-,51-,52-,53-,54+,57-,58+,59+,60-/m0/s1. The van der Waals surface area contributed by atoms with Gasteiger partial charge in [0.1, 0.15) is 91.6 Å². The van der Waals surface area contributed by atoms with Crippen LogP contribution in [0.25, 0.3) is 0 Å². The first-order valence-electron chi connectivity index (χ1n) is 30.3. The maximum absolute atomic E-state index is 13.5. The van der Waals surface area contributed by atoms with Crippen LogP contribution in [0.15, 0.2) is 23.3 Å². The lowest BCUT2D eigenvalue weighted by Crippen LogP contribution is -2.72. The molecule has 4 heterocycles. The number of aliphatic hydroxyl groups is 12. The summed E-state index contributed by atoms with van der Waals surface area (Å²) in [7, 11) is 0. The Bertz CT molecular complexity index is 2530. The van der Waals surface area contributed by atoms with Crippen LogP contribution in [0.4, 0.5) is 0 Å². The number of esters is 2. The first kappa shape index (κ1) is 67.5. The third-order valence-electron chi connectivity index (χ3n) is 22.6. The highest BCUT2D eigenvalue weighted by Crippen LogP contribution is 2.76. The number of aliphatic hydroxyl groups excluding tert-OH is 12. The van der Waals surface area contributed by atoms with Crippen molar-refractivity contribution in [3.8, 4) is 0 Å². The summed E-state index contributed by atoms with van der Waals surface area (Å²) in [5.74, 6) is -3.56. The molecule has 0 amide bonds. The molecule has 4 saturated carbocycles. The second-order valence-electron chi connectivity index (χ2n) is 28.0. The van der Waals surface area contributed by atoms with Gasteiger partial charge in [0.15, 0.2) is 31.3 Å². The first-order chi connectivity index (χ1) is 40.1. The molecular formula is C60H94O26. The number of fused-ring (bicyclic) bond motifs is 7. The second kappa shape index (κ2) is 24.6. The minimum absolute atomic E-state index is 0.0105. The Balaban J connectivity index is 1.04. The minimum atomic E-state index is -2.21. The van der Waals surface area contributed by atoms with Gasteiger partial charge in [-0.25, -0.2) is 9.59 Å². The monoisotopic (exact) mass is 1230 g/mol. The van der Waals surface area contributed by atoms with Gasteiger partial charge in [0.25, 0.3) is 0 Å². The van der Waals surface area contributed by atoms with Gasteiger partial charge in [0.05, 0.1) is 43.5 Å². The summed E-state index contributed by atoms with van der Waals surface area (Å²) < 4.78 is 61.3. The zero-order valence-electron chi connectivity index (χ0n) is 50.9. The molecule has 4 aliphatic heterocycles. The molecule has 0 aromatic rings. The van der Waals surface area contributed by atoms with E-state index in [4.69, 9.17) is 47.4 Å². The van der Waals surface area contributed by atoms with Crippen LogP contribution < -0.4 is 0 Å². The number of hydrogen-bond donors (Lipinski definition) is 13. The molecule has 0 radical (unpaired) electrons. The smallest absolute Gasteiger partial charge is 0.335 e. The molecule has 26 heteroatoms. The number of carbonyl (C=O) groups excluding carboxylic acids is 2. The van der Waals surface area contributed by atoms with Gasteiger partial charge in [-0.15, -0.1) is 0 Å². The van der Waals surface area contributed by atoms with E-state index in [2.05, 4.69) is 26.8 Å². The quantitative estimate of drug-likeness (QED) is 0.0438. The summed E-state index contributed by atoms with van der Waals surface area (Å²) in [6.07, 6.45) is -31.9. The van der Waals surface area contributed by atoms with Crippen LogP contribution in [0.3, 0.4) is 0 Å². The van der Waals surface area contributed by atoms with Crippen LogP contribution in [0.5, 0.6) is 0 Å². The molecule has 9 rings (SSSR count). The van der Waals surface area contributed by atoms with E-state index in [0.29, 0.717) is 44.1 Å². The fourth-order valence-corrected chi connectivity index (χ4v) is 17.4. The molecule has 9 aliphatic rings. The maximum Gasteiger partial charge on any atom is 0.335 e. The Morgan fingerprint density at radius 3 is 1.91 bits per heavy atom. The van der Waals surface area contributed by atoms with Crippen molar-refractivity contribution >= 4 is 17.9 Å². The number of carboxylic acid groups (broad SMARTS) is 1. The molecule has 0 unspecified atom stereocenters. The van der Waals surface area contributed by atoms with Gasteiger partial charge in [-0.2, -0.15) is 0 Å². The van der Waals surface area contributed by atoms with Crippen molar-refractivity contribution in [3.05, 3.63) is 23.3 Å². The second-order valence-corrected chi connectivity index (χ2v) is 28.0. The average molecular weight is 1230 g/mol. The number of allylic oxidation sites excluding steroid dienone is 3. The van der Waals surface area contributed by atoms with Crippen molar-refractivity contribution in [2.75, 3.05) is 19.8 Å². The van der Waals surface area contributed by atoms with Crippen molar-refractivity contribution in [1.29, 1.82) is 0 Å². The Kier molecular flexibility index (Phi) is 19.3. The SMILES string of the molecule is C/C=C(/C)C(=O)O[C@H]1[C@H](OC(C)=O)[C@]2(CO)[C@H](O)C[C@]3(C)C(=CC[C@@H]4[C@@]5(C)CC[C@H](O[C@@H]6O[C@H](C(=O)O)[C@@H](O)[C@H](O[C@@H]7OC[C@H](O)[C@H](O)[C@H]7O[C@@H]7O[C@@H](C)[C@H](O)[C@@H](O)[C@H]7O)[C@H]6O[C@@H]6O[C@H](CO)[C@H](O)[C@H](O)[C@H]6O)C(C)(C)[C@@H]5CC[C@]43C)[C@H]2CC1(C)C. The highest BCUT2D eigenvalue weighted by molar-refractivity contribution is 5.87. The molecule has 0 aromatic heterocycles. The molecule has 4 saturated heterocycles. The van der Waals surface area contributed by atoms with Gasteiger partial charge in [-0.1, -0.05) is 66.2 Å². The van der Waals surface area contributed by atoms with E-state index in [1.807, 2.05) is 27.7 Å². The van der Waals surface area contributed by atoms with Crippen LogP contribution in [0.1, 0.15) is 121 Å². The lowest BCUT2D eigenvalue weighted by Gasteiger charge is -2.72. The largest absolute Gasteiger partial charge is 0.479 e. The third kappa shape index (κ3) is 11.0. The number of carbonyl (C=O) groups is 3. The summed E-state index contributed by atoms with van der Waals surface area (Å²) in [4.78, 5) is 39.7. The van der Waals surface area contributed by atoms with Crippen LogP contribution in [0.2, 0.25) is 0 Å². The number of aliphatic carboxylic acids is 1. The zero-order chi connectivity index (χ0) is 63.5. The topological polar surface area (TPSA) is 407 Å². The number of ether oxygens (including phenoxy) is 10. The Hall–Kier alpha value is -2.91. The number of hydrogen-bond acceptors (Lipinski definition) is 25. The summed E-state index contributed by atoms with van der Waals surface area (Å²) in [5, 5.41) is 145. The Morgan fingerprint density at radius 2 is 1.29 bits per heavy atom. The fourth-order valence-electron chi connectivity index (χ4n) is 17.4. The molecule has 5 aliphatic carbocycles. The van der Waals surface area contributed by atoms with Gasteiger partial charge in [-0.3, -0.25) is 4.79 Å². The van der Waals surface area contributed by atoms with E-state index in [-0.39, 0.29) is 18.3 Å². The van der Waals surface area contributed by atoms with E-state index < -0.39 is 217 Å². The van der Waals surface area contributed by atoms with Crippen LogP contribution in [-0.2, 0) is 61.8 Å². The molecule has 26 nitrogen and oxygen atoms in total. The molecule has 490 valence electrons. The molecule has 0 aromatic carbocycles. The third-order valence-corrected chi connectivity index (χ3v) is 22.6. The van der Waals surface area contributed by atoms with Gasteiger partial charge in [0, 0.05) is 17.9 Å². The summed E-state index contributed by atoms with van der Waals surface area (Å²) >= 11 is 0. The molecule has 0 bridgehead atoms. The van der Waals surface area contributed by atoms with Crippen molar-refractivity contribution in [1.82, 2.24) is 0 Å². The van der Waals surface area contributed by atoms with E-state index in [1.165, 1.54) is 13.8 Å². The van der Waals surface area contributed by atoms with Crippen LogP contribution >= 0.6 is 0 Å². The van der Waals surface area contributed by atoms with E-state index in [9.17, 15) is 80.8 Å². The predicted octanol–water partition coefficient (Wildman–Crippen LogP) is -0.803. The lowest BCUT2D eigenvalue weighted by molar-refractivity contribution is -0.400. The summed E-state index contributed by atoms with van der Waals surface area (Å²) in [6, 6.07) is 0. The van der Waals surface area contributed by atoms with E-state index in [0.717, 1.165) is 5.57 Å². The molecule has 8 fully saturated rings. The fraction of sp³-hybridized carbons (Fsp3) is 0.883. The normalized spacial score (nSPS) is 50.9. The highest BCUT2D eigenvalue weighted by Gasteiger charge is 2.74. The average Bonchev–Trinajstić information content (AvgIpc) is 0.672. The molecule has 30 atom stereocenters. The Labute approximate surface area is 500 Å². The maximum atomic E-state index is 13.5. The molecule has 86 heavy (non-hydrogen) atoms. The minimum Gasteiger partial charge on any atom is -0.479 e. The van der Waals surface area contributed by atoms with Crippen molar-refractivity contribution in [3.63, 3.8) is 0 Å². The van der Waals surface area contributed by atoms with Crippen LogP contribution in [0, 0.1) is 50.2 Å². The van der Waals surface area contributed by atoms with Gasteiger partial charge in [0.2, 0.25) is 0 Å². The highest BCUT2D eigenvalue weighted by atomic mass is 16.8. The molecular weight excluding hydrogens is 1140 g/mol. The van der Waals surface area contributed by atoms with Gasteiger partial charge >= 0.3 is 17.9 Å². The first-order valence-corrected chi connectivity index (χ1v) is 30.3. The van der Waals surface area contributed by atoms with Crippen molar-refractivity contribution in [2.45, 2.75) is 262 Å². The lowest BCUT2D eigenvalue weighted by atomic mass is 9.33. The van der Waals surface area contributed by atoms with Gasteiger partial charge < -0.3 is 114 Å². The molecule has 13 N–H and O–H groups in total. The molecule has 0 spiro atoms. The van der Waals surface area contributed by atoms with E-state index in [1.54, 1.807) is 19.9 Å². The van der Waals surface area contributed by atoms with Crippen LogP contribution in [-0.4, -0.2) is 245 Å². The van der Waals surface area contributed by atoms with Gasteiger partial charge in [-0.05, 0) is 105 Å². The Morgan fingerprint density at radius 1 is 0.663 bits per heavy atom. The number of carboxylic acids is 1. The predicted molar refractivity (Wildman–Crippen MR) is 293 cm³/mol. The summed E-state index contributed by atoms with van der Waals surface area (Å²) in [6.45, 7) is 18.6. The summed E-state index contributed by atoms with van der Waals surface area (Å²) in [5.41, 5.74) is -3.18. The van der Waals surface area contributed by atoms with E-state index >= 15 is 0 Å². The van der Waals surface area contributed by atoms with Crippen molar-refractivity contribution < 1.29 is 128 Å². The van der Waals surface area contributed by atoms with Crippen molar-refractivity contribution in [2.24, 2.45) is 50.2 Å². The zero-order valence-corrected chi connectivity index (χ0v) is 50.9. The number of rotatable bonds is 14.